The van der Waals surface area contributed by atoms with Crippen molar-refractivity contribution in [3.8, 4) is 11.8 Å². The van der Waals surface area contributed by atoms with Gasteiger partial charge in [0.05, 0.1) is 6.54 Å². The van der Waals surface area contributed by atoms with Gasteiger partial charge in [0.15, 0.2) is 0 Å². The zero-order valence-electron chi connectivity index (χ0n) is 12.8. The highest BCUT2D eigenvalue weighted by atomic mass is 15.3. The van der Waals surface area contributed by atoms with Crippen molar-refractivity contribution >= 4 is 11.8 Å². The minimum Gasteiger partial charge on any atom is -0.356 e. The lowest BCUT2D eigenvalue weighted by molar-refractivity contribution is 0.286. The van der Waals surface area contributed by atoms with E-state index >= 15 is 0 Å². The molecule has 0 amide bonds. The summed E-state index contributed by atoms with van der Waals surface area (Å²) in [5.41, 5.74) is 0. The molecule has 2 fully saturated rings. The fourth-order valence-corrected chi connectivity index (χ4v) is 2.91. The first kappa shape index (κ1) is 14.2. The Hall–Kier alpha value is -1.80. The Labute approximate surface area is 127 Å². The number of aromatic nitrogens is 2. The van der Waals surface area contributed by atoms with Gasteiger partial charge in [-0.1, -0.05) is 5.92 Å². The predicted molar refractivity (Wildman–Crippen MR) is 85.6 cm³/mol. The number of hydrogen-bond acceptors (Lipinski definition) is 5. The Kier molecular flexibility index (Phi) is 4.56. The third-order valence-corrected chi connectivity index (χ3v) is 4.19. The van der Waals surface area contributed by atoms with Crippen molar-refractivity contribution < 1.29 is 0 Å². The van der Waals surface area contributed by atoms with Crippen LogP contribution in [-0.4, -0.2) is 60.7 Å². The first-order valence-corrected chi connectivity index (χ1v) is 7.82. The maximum absolute atomic E-state index is 4.76. The summed E-state index contributed by atoms with van der Waals surface area (Å²) in [6.45, 7) is 9.05. The highest BCUT2D eigenvalue weighted by Gasteiger charge is 2.20. The highest BCUT2D eigenvalue weighted by Crippen LogP contribution is 2.20. The van der Waals surface area contributed by atoms with E-state index in [-0.39, 0.29) is 0 Å². The van der Waals surface area contributed by atoms with E-state index in [1.807, 2.05) is 19.2 Å². The Morgan fingerprint density at radius 1 is 1.05 bits per heavy atom. The van der Waals surface area contributed by atoms with Crippen LogP contribution in [0.3, 0.4) is 0 Å². The smallest absolute Gasteiger partial charge is 0.227 e. The van der Waals surface area contributed by atoms with Gasteiger partial charge in [0.25, 0.3) is 0 Å². The first-order valence-electron chi connectivity index (χ1n) is 7.82. The lowest BCUT2D eigenvalue weighted by Crippen LogP contribution is -2.47. The van der Waals surface area contributed by atoms with Gasteiger partial charge in [-0.25, -0.2) is 4.98 Å². The van der Waals surface area contributed by atoms with Gasteiger partial charge in [-0.2, -0.15) is 4.98 Å². The van der Waals surface area contributed by atoms with Crippen molar-refractivity contribution in [3.63, 3.8) is 0 Å². The Bertz CT molecular complexity index is 519. The van der Waals surface area contributed by atoms with Gasteiger partial charge in [0.1, 0.15) is 5.82 Å². The SMILES string of the molecule is CC#CCN1CCN(c2nccc(N3CCCC3)n2)CC1. The first-order chi connectivity index (χ1) is 10.4. The molecule has 0 aliphatic carbocycles. The number of piperazine rings is 1. The standard InChI is InChI=1S/C16H23N5/c1-2-3-8-19-11-13-21(14-12-19)16-17-7-6-15(18-16)20-9-4-5-10-20/h6-7H,4-5,8-14H2,1H3. The molecular weight excluding hydrogens is 262 g/mol. The van der Waals surface area contributed by atoms with Crippen LogP contribution in [0.5, 0.6) is 0 Å². The molecule has 21 heavy (non-hydrogen) atoms. The van der Waals surface area contributed by atoms with Gasteiger partial charge >= 0.3 is 0 Å². The van der Waals surface area contributed by atoms with Crippen LogP contribution in [0.1, 0.15) is 19.8 Å². The van der Waals surface area contributed by atoms with Crippen LogP contribution in [-0.2, 0) is 0 Å². The van der Waals surface area contributed by atoms with Gasteiger partial charge in [-0.05, 0) is 25.8 Å². The molecule has 112 valence electrons. The lowest BCUT2D eigenvalue weighted by atomic mass is 10.3. The van der Waals surface area contributed by atoms with Crippen LogP contribution in [0, 0.1) is 11.8 Å². The minimum atomic E-state index is 0.874. The Morgan fingerprint density at radius 3 is 2.52 bits per heavy atom. The number of nitrogens with zero attached hydrogens (tertiary/aromatic N) is 5. The predicted octanol–water partition coefficient (Wildman–Crippen LogP) is 1.22. The fraction of sp³-hybridized carbons (Fsp3) is 0.625. The average molecular weight is 285 g/mol. The summed E-state index contributed by atoms with van der Waals surface area (Å²) in [5, 5.41) is 0. The second-order valence-corrected chi connectivity index (χ2v) is 5.60. The van der Waals surface area contributed by atoms with Crippen LogP contribution >= 0.6 is 0 Å². The molecule has 5 nitrogen and oxygen atoms in total. The molecule has 2 aliphatic heterocycles. The summed E-state index contributed by atoms with van der Waals surface area (Å²) in [6, 6.07) is 2.03. The largest absolute Gasteiger partial charge is 0.356 e. The van der Waals surface area contributed by atoms with E-state index in [2.05, 4.69) is 31.5 Å². The van der Waals surface area contributed by atoms with Crippen molar-refractivity contribution in [2.75, 3.05) is 55.6 Å². The Morgan fingerprint density at radius 2 is 1.81 bits per heavy atom. The van der Waals surface area contributed by atoms with Crippen molar-refractivity contribution in [3.05, 3.63) is 12.3 Å². The summed E-state index contributed by atoms with van der Waals surface area (Å²) in [7, 11) is 0. The molecule has 0 N–H and O–H groups in total. The van der Waals surface area contributed by atoms with E-state index in [0.717, 1.165) is 57.6 Å². The Balaban J connectivity index is 1.62. The maximum atomic E-state index is 4.76. The molecule has 0 radical (unpaired) electrons. The zero-order valence-corrected chi connectivity index (χ0v) is 12.8. The van der Waals surface area contributed by atoms with Gasteiger partial charge in [-0.15, -0.1) is 5.92 Å². The molecule has 0 spiro atoms. The molecule has 3 rings (SSSR count). The van der Waals surface area contributed by atoms with Crippen molar-refractivity contribution in [2.24, 2.45) is 0 Å². The van der Waals surface area contributed by atoms with Crippen LogP contribution in [0.25, 0.3) is 0 Å². The number of rotatable bonds is 3. The number of anilines is 2. The summed E-state index contributed by atoms with van der Waals surface area (Å²) in [5.74, 6) is 8.06. The average Bonchev–Trinajstić information content (AvgIpc) is 3.08. The molecule has 0 saturated carbocycles. The van der Waals surface area contributed by atoms with Crippen molar-refractivity contribution in [1.82, 2.24) is 14.9 Å². The molecule has 2 aliphatic rings. The molecule has 1 aromatic rings. The fourth-order valence-electron chi connectivity index (χ4n) is 2.91. The van der Waals surface area contributed by atoms with E-state index in [0.29, 0.717) is 0 Å². The van der Waals surface area contributed by atoms with Gasteiger partial charge in [0, 0.05) is 45.5 Å². The quantitative estimate of drug-likeness (QED) is 0.780. The summed E-state index contributed by atoms with van der Waals surface area (Å²) < 4.78 is 0. The van der Waals surface area contributed by atoms with Gasteiger partial charge in [-0.3, -0.25) is 4.90 Å². The summed E-state index contributed by atoms with van der Waals surface area (Å²) >= 11 is 0. The van der Waals surface area contributed by atoms with Gasteiger partial charge in [0.2, 0.25) is 5.95 Å². The molecule has 0 unspecified atom stereocenters. The summed E-state index contributed by atoms with van der Waals surface area (Å²) in [6.07, 6.45) is 4.44. The molecular formula is C16H23N5. The van der Waals surface area contributed by atoms with E-state index in [9.17, 15) is 0 Å². The van der Waals surface area contributed by atoms with Crippen molar-refractivity contribution in [2.45, 2.75) is 19.8 Å². The number of hydrogen-bond donors (Lipinski definition) is 0. The third-order valence-electron chi connectivity index (χ3n) is 4.19. The molecule has 3 heterocycles. The molecule has 0 bridgehead atoms. The summed E-state index contributed by atoms with van der Waals surface area (Å²) in [4.78, 5) is 16.3. The zero-order chi connectivity index (χ0) is 14.5. The normalized spacial score (nSPS) is 19.5. The van der Waals surface area contributed by atoms with E-state index in [4.69, 9.17) is 4.98 Å². The molecule has 0 atom stereocenters. The van der Waals surface area contributed by atoms with E-state index < -0.39 is 0 Å². The van der Waals surface area contributed by atoms with E-state index in [1.54, 1.807) is 0 Å². The van der Waals surface area contributed by atoms with Crippen LogP contribution in [0.2, 0.25) is 0 Å². The molecule has 5 heteroatoms. The highest BCUT2D eigenvalue weighted by molar-refractivity contribution is 5.44. The second-order valence-electron chi connectivity index (χ2n) is 5.60. The maximum Gasteiger partial charge on any atom is 0.227 e. The van der Waals surface area contributed by atoms with Crippen LogP contribution in [0.15, 0.2) is 12.3 Å². The van der Waals surface area contributed by atoms with E-state index in [1.165, 1.54) is 12.8 Å². The molecule has 1 aromatic heterocycles. The van der Waals surface area contributed by atoms with Gasteiger partial charge < -0.3 is 9.80 Å². The molecule has 2 saturated heterocycles. The van der Waals surface area contributed by atoms with Crippen molar-refractivity contribution in [1.29, 1.82) is 0 Å². The third kappa shape index (κ3) is 3.45. The molecule has 0 aromatic carbocycles. The lowest BCUT2D eigenvalue weighted by Gasteiger charge is -2.34. The van der Waals surface area contributed by atoms with Crippen LogP contribution < -0.4 is 9.80 Å². The minimum absolute atomic E-state index is 0.874. The van der Waals surface area contributed by atoms with Crippen LogP contribution in [0.4, 0.5) is 11.8 Å². The monoisotopic (exact) mass is 285 g/mol. The second kappa shape index (κ2) is 6.77. The topological polar surface area (TPSA) is 35.5 Å².